The minimum absolute atomic E-state index is 0.179. The minimum atomic E-state index is -0.671. The Morgan fingerprint density at radius 3 is 2.65 bits per heavy atom. The van der Waals surface area contributed by atoms with Gasteiger partial charge in [-0.3, -0.25) is 4.79 Å². The molecule has 0 bridgehead atoms. The van der Waals surface area contributed by atoms with Crippen LogP contribution >= 0.6 is 0 Å². The number of anilines is 1. The number of ether oxygens (including phenoxy) is 2. The molecule has 2 fully saturated rings. The Bertz CT molecular complexity index is 1450. The predicted molar refractivity (Wildman–Crippen MR) is 125 cm³/mol. The highest BCUT2D eigenvalue weighted by Crippen LogP contribution is 2.52. The minimum Gasteiger partial charge on any atom is -0.481 e. The van der Waals surface area contributed by atoms with Crippen molar-refractivity contribution < 1.29 is 19.4 Å². The molecule has 0 amide bonds. The van der Waals surface area contributed by atoms with Gasteiger partial charge in [0.25, 0.3) is 0 Å². The Kier molecular flexibility index (Phi) is 3.97. The van der Waals surface area contributed by atoms with Gasteiger partial charge in [0.2, 0.25) is 6.79 Å². The summed E-state index contributed by atoms with van der Waals surface area (Å²) in [7, 11) is 0. The Hall–Kier alpha value is -4.07. The summed E-state index contributed by atoms with van der Waals surface area (Å²) >= 11 is 0. The van der Waals surface area contributed by atoms with Gasteiger partial charge in [-0.25, -0.2) is 9.67 Å². The summed E-state index contributed by atoms with van der Waals surface area (Å²) in [6.07, 6.45) is 1.84. The summed E-state index contributed by atoms with van der Waals surface area (Å²) in [6, 6.07) is 16.1. The largest absolute Gasteiger partial charge is 0.481 e. The van der Waals surface area contributed by atoms with Gasteiger partial charge in [-0.15, -0.1) is 0 Å². The first kappa shape index (κ1) is 19.4. The number of pyridine rings is 1. The van der Waals surface area contributed by atoms with E-state index < -0.39 is 5.97 Å². The summed E-state index contributed by atoms with van der Waals surface area (Å²) < 4.78 is 13.3. The van der Waals surface area contributed by atoms with Crippen molar-refractivity contribution in [3.05, 3.63) is 60.3 Å². The number of para-hydroxylation sites is 2. The predicted octanol–water partition coefficient (Wildman–Crippen LogP) is 3.89. The normalized spacial score (nSPS) is 22.3. The second-order valence-electron chi connectivity index (χ2n) is 9.24. The van der Waals surface area contributed by atoms with Gasteiger partial charge < -0.3 is 19.5 Å². The molecule has 4 aromatic rings. The van der Waals surface area contributed by atoms with E-state index in [9.17, 15) is 9.90 Å². The number of carboxylic acid groups (broad SMARTS) is 1. The lowest BCUT2D eigenvalue weighted by atomic mass is 10.0. The first-order valence-electron chi connectivity index (χ1n) is 11.4. The lowest BCUT2D eigenvalue weighted by molar-refractivity contribution is -0.139. The number of carbonyl (C=O) groups is 1. The van der Waals surface area contributed by atoms with Gasteiger partial charge in [-0.2, -0.15) is 5.10 Å². The third kappa shape index (κ3) is 2.74. The van der Waals surface area contributed by atoms with Crippen LogP contribution in [-0.2, 0) is 4.79 Å². The molecule has 7 rings (SSSR count). The van der Waals surface area contributed by atoms with Crippen molar-refractivity contribution in [3.8, 4) is 28.4 Å². The average molecular weight is 454 g/mol. The van der Waals surface area contributed by atoms with Gasteiger partial charge in [0.15, 0.2) is 11.5 Å². The fourth-order valence-electron chi connectivity index (χ4n) is 5.61. The van der Waals surface area contributed by atoms with Gasteiger partial charge in [-0.1, -0.05) is 24.3 Å². The second-order valence-corrected chi connectivity index (χ2v) is 9.24. The molecule has 0 radical (unpaired) electrons. The highest BCUT2D eigenvalue weighted by atomic mass is 16.7. The number of piperidine rings is 1. The Balaban J connectivity index is 1.27. The Labute approximate surface area is 195 Å². The molecule has 2 aromatic carbocycles. The van der Waals surface area contributed by atoms with Crippen LogP contribution in [0.3, 0.4) is 0 Å². The molecule has 2 aromatic heterocycles. The molecule has 0 spiro atoms. The molecule has 8 nitrogen and oxygen atoms in total. The van der Waals surface area contributed by atoms with Gasteiger partial charge in [-0.05, 0) is 48.6 Å². The van der Waals surface area contributed by atoms with Crippen molar-refractivity contribution in [2.24, 2.45) is 17.8 Å². The Morgan fingerprint density at radius 1 is 1.06 bits per heavy atom. The number of benzene rings is 2. The van der Waals surface area contributed by atoms with E-state index >= 15 is 0 Å². The van der Waals surface area contributed by atoms with Crippen molar-refractivity contribution in [1.82, 2.24) is 14.8 Å². The number of aryl methyl sites for hydroxylation is 1. The van der Waals surface area contributed by atoms with E-state index in [0.29, 0.717) is 0 Å². The molecule has 170 valence electrons. The number of nitrogens with zero attached hydrogens (tertiary/aromatic N) is 4. The fourth-order valence-corrected chi connectivity index (χ4v) is 5.61. The number of rotatable bonds is 4. The molecule has 2 aliphatic heterocycles. The molecule has 3 aliphatic rings. The van der Waals surface area contributed by atoms with Crippen LogP contribution in [0, 0.1) is 24.7 Å². The van der Waals surface area contributed by atoms with E-state index in [1.807, 2.05) is 47.3 Å². The van der Waals surface area contributed by atoms with Crippen molar-refractivity contribution in [2.75, 3.05) is 24.8 Å². The lowest BCUT2D eigenvalue weighted by Gasteiger charge is -2.20. The summed E-state index contributed by atoms with van der Waals surface area (Å²) in [5.41, 5.74) is 4.74. The summed E-state index contributed by atoms with van der Waals surface area (Å²) in [6.45, 7) is 3.80. The third-order valence-electron chi connectivity index (χ3n) is 7.34. The molecule has 1 saturated carbocycles. The second kappa shape index (κ2) is 6.96. The molecule has 8 heteroatoms. The highest BCUT2D eigenvalue weighted by molar-refractivity contribution is 5.97. The maximum atomic E-state index is 11.3. The molecular formula is C26H22N4O4. The third-order valence-corrected chi connectivity index (χ3v) is 7.34. The molecule has 1 N–H and O–H groups in total. The van der Waals surface area contributed by atoms with Crippen LogP contribution in [-0.4, -0.2) is 45.7 Å². The highest BCUT2D eigenvalue weighted by Gasteiger charge is 2.60. The Morgan fingerprint density at radius 2 is 1.88 bits per heavy atom. The summed E-state index contributed by atoms with van der Waals surface area (Å²) in [5, 5.41) is 15.3. The topological polar surface area (TPSA) is 89.7 Å². The molecular weight excluding hydrogens is 432 g/mol. The van der Waals surface area contributed by atoms with Crippen LogP contribution in [0.5, 0.6) is 11.5 Å². The quantitative estimate of drug-likeness (QED) is 0.500. The zero-order valence-corrected chi connectivity index (χ0v) is 18.5. The zero-order chi connectivity index (χ0) is 23.0. The van der Waals surface area contributed by atoms with Gasteiger partial charge >= 0.3 is 5.97 Å². The number of aromatic nitrogens is 3. The summed E-state index contributed by atoms with van der Waals surface area (Å²) in [5.74, 6) is 1.97. The van der Waals surface area contributed by atoms with Crippen LogP contribution in [0.25, 0.3) is 27.8 Å². The standard InChI is InChI=1S/C26H22N4O4/c1-14-4-2-5-16-23(17-6-3-7-20-25(17)34-13-33-20)28-30(24(14)16)15-8-9-21(27-10-15)29-11-18-19(12-29)22(18)26(31)32/h2-10,18-19,22H,11-13H2,1H3,(H,31,32). The van der Waals surface area contributed by atoms with E-state index in [0.717, 1.165) is 63.8 Å². The van der Waals surface area contributed by atoms with Crippen molar-refractivity contribution >= 4 is 22.7 Å². The zero-order valence-electron chi connectivity index (χ0n) is 18.5. The van der Waals surface area contributed by atoms with Gasteiger partial charge in [0, 0.05) is 24.0 Å². The number of fused-ring (bicyclic) bond motifs is 3. The molecule has 2 atom stereocenters. The van der Waals surface area contributed by atoms with E-state index in [2.05, 4.69) is 24.0 Å². The van der Waals surface area contributed by atoms with Crippen LogP contribution in [0.15, 0.2) is 54.7 Å². The SMILES string of the molecule is Cc1cccc2c(-c3cccc4c3OCO4)nn(-c3ccc(N4CC5C(C4)C5C(=O)O)nc3)c12. The summed E-state index contributed by atoms with van der Waals surface area (Å²) in [4.78, 5) is 18.2. The molecule has 2 unspecified atom stereocenters. The monoisotopic (exact) mass is 454 g/mol. The molecule has 1 saturated heterocycles. The fraction of sp³-hybridized carbons (Fsp3) is 0.269. The molecule has 34 heavy (non-hydrogen) atoms. The van der Waals surface area contributed by atoms with E-state index in [1.54, 1.807) is 0 Å². The number of hydrogen-bond donors (Lipinski definition) is 1. The van der Waals surface area contributed by atoms with Crippen molar-refractivity contribution in [2.45, 2.75) is 6.92 Å². The van der Waals surface area contributed by atoms with Crippen molar-refractivity contribution in [3.63, 3.8) is 0 Å². The van der Waals surface area contributed by atoms with Crippen LogP contribution < -0.4 is 14.4 Å². The van der Waals surface area contributed by atoms with Gasteiger partial charge in [0.1, 0.15) is 11.5 Å². The van der Waals surface area contributed by atoms with Gasteiger partial charge in [0.05, 0.1) is 23.3 Å². The van der Waals surface area contributed by atoms with E-state index in [-0.39, 0.29) is 24.5 Å². The molecule has 1 aliphatic carbocycles. The number of aliphatic carboxylic acids is 1. The maximum absolute atomic E-state index is 11.3. The average Bonchev–Trinajstić information content (AvgIpc) is 3.26. The van der Waals surface area contributed by atoms with Crippen LogP contribution in [0.4, 0.5) is 5.82 Å². The van der Waals surface area contributed by atoms with Crippen molar-refractivity contribution in [1.29, 1.82) is 0 Å². The maximum Gasteiger partial charge on any atom is 0.307 e. The molecule has 4 heterocycles. The van der Waals surface area contributed by atoms with Crippen LogP contribution in [0.2, 0.25) is 0 Å². The van der Waals surface area contributed by atoms with E-state index in [4.69, 9.17) is 19.6 Å². The number of hydrogen-bond acceptors (Lipinski definition) is 6. The number of carboxylic acids is 1. The lowest BCUT2D eigenvalue weighted by Crippen LogP contribution is -2.26. The van der Waals surface area contributed by atoms with E-state index in [1.165, 1.54) is 0 Å². The van der Waals surface area contributed by atoms with Crippen LogP contribution in [0.1, 0.15) is 5.56 Å². The smallest absolute Gasteiger partial charge is 0.307 e. The first-order valence-corrected chi connectivity index (χ1v) is 11.4. The first-order chi connectivity index (χ1) is 16.6.